The van der Waals surface area contributed by atoms with E-state index in [-0.39, 0.29) is 12.3 Å². The van der Waals surface area contributed by atoms with Gasteiger partial charge >= 0.3 is 12.2 Å². The molecule has 0 radical (unpaired) electrons. The molecule has 32 heavy (non-hydrogen) atoms. The maximum Gasteiger partial charge on any atom is 0.422 e. The van der Waals surface area contributed by atoms with Crippen LogP contribution in [0.4, 0.5) is 18.0 Å². The molecule has 7 nitrogen and oxygen atoms in total. The molecule has 1 fully saturated rings. The lowest BCUT2D eigenvalue weighted by Crippen LogP contribution is -2.40. The van der Waals surface area contributed by atoms with Crippen LogP contribution in [0.15, 0.2) is 42.5 Å². The van der Waals surface area contributed by atoms with E-state index >= 15 is 0 Å². The molecule has 4 rings (SSSR count). The van der Waals surface area contributed by atoms with E-state index in [4.69, 9.17) is 14.2 Å². The van der Waals surface area contributed by atoms with Crippen molar-refractivity contribution in [1.29, 1.82) is 0 Å². The largest absolute Gasteiger partial charge is 0.490 e. The number of halogens is 3. The van der Waals surface area contributed by atoms with Crippen molar-refractivity contribution in [2.45, 2.75) is 31.6 Å². The summed E-state index contributed by atoms with van der Waals surface area (Å²) in [6.07, 6.45) is -3.73. The molecule has 10 heteroatoms. The number of urea groups is 1. The third-order valence-electron chi connectivity index (χ3n) is 5.24. The fraction of sp³-hybridized carbons (Fsp3) is 0.364. The van der Waals surface area contributed by atoms with Gasteiger partial charge < -0.3 is 19.5 Å². The molecule has 0 aromatic heterocycles. The number of imide groups is 1. The van der Waals surface area contributed by atoms with Gasteiger partial charge in [0.25, 0.3) is 5.91 Å². The van der Waals surface area contributed by atoms with Crippen LogP contribution in [0, 0.1) is 0 Å². The van der Waals surface area contributed by atoms with E-state index in [1.165, 1.54) is 18.2 Å². The van der Waals surface area contributed by atoms with E-state index in [0.717, 1.165) is 11.3 Å². The molecule has 1 saturated heterocycles. The predicted octanol–water partition coefficient (Wildman–Crippen LogP) is 3.76. The highest BCUT2D eigenvalue weighted by molar-refractivity contribution is 6.07. The van der Waals surface area contributed by atoms with Crippen LogP contribution in [0.3, 0.4) is 0 Å². The lowest BCUT2D eigenvalue weighted by Gasteiger charge is -2.23. The number of alkyl halides is 3. The zero-order valence-electron chi connectivity index (χ0n) is 17.2. The van der Waals surface area contributed by atoms with Gasteiger partial charge in [0.2, 0.25) is 0 Å². The number of hydrogen-bond donors (Lipinski definition) is 1. The van der Waals surface area contributed by atoms with Crippen molar-refractivity contribution < 1.29 is 37.0 Å². The number of fused-ring (bicyclic) bond motifs is 1. The van der Waals surface area contributed by atoms with E-state index < -0.39 is 30.3 Å². The Kier molecular flexibility index (Phi) is 5.62. The van der Waals surface area contributed by atoms with Gasteiger partial charge in [0, 0.05) is 6.42 Å². The minimum atomic E-state index is -4.47. The Morgan fingerprint density at radius 3 is 2.59 bits per heavy atom. The number of nitrogens with one attached hydrogen (secondary N) is 1. The molecule has 170 valence electrons. The molecule has 3 amide bonds. The standard InChI is InChI=1S/C22H21F3N2O5/c1-21(15-6-7-17-18(11-15)31-9-3-8-30-17)19(28)27(20(29)26-21)12-14-4-2-5-16(10-14)32-13-22(23,24)25/h2,4-7,10-11H,3,8-9,12-13H2,1H3,(H,26,29). The number of nitrogens with zero attached hydrogens (tertiary/aromatic N) is 1. The molecule has 0 aliphatic carbocycles. The topological polar surface area (TPSA) is 77.1 Å². The van der Waals surface area contributed by atoms with Crippen molar-refractivity contribution in [2.24, 2.45) is 0 Å². The molecule has 1 N–H and O–H groups in total. The van der Waals surface area contributed by atoms with Crippen molar-refractivity contribution in [3.05, 3.63) is 53.6 Å². The second-order valence-corrected chi connectivity index (χ2v) is 7.71. The van der Waals surface area contributed by atoms with Gasteiger partial charge in [0.15, 0.2) is 18.1 Å². The molecule has 0 bridgehead atoms. The molecule has 1 unspecified atom stereocenters. The van der Waals surface area contributed by atoms with Crippen LogP contribution in [0.25, 0.3) is 0 Å². The normalized spacial score (nSPS) is 20.7. The van der Waals surface area contributed by atoms with Crippen molar-refractivity contribution >= 4 is 11.9 Å². The third-order valence-corrected chi connectivity index (χ3v) is 5.24. The first-order valence-electron chi connectivity index (χ1n) is 9.98. The predicted molar refractivity (Wildman–Crippen MR) is 106 cm³/mol. The number of amides is 3. The van der Waals surface area contributed by atoms with Gasteiger partial charge in [-0.1, -0.05) is 18.2 Å². The lowest BCUT2D eigenvalue weighted by atomic mass is 9.91. The summed E-state index contributed by atoms with van der Waals surface area (Å²) >= 11 is 0. The smallest absolute Gasteiger partial charge is 0.422 e. The number of carbonyl (C=O) groups excluding carboxylic acids is 2. The maximum atomic E-state index is 13.2. The quantitative estimate of drug-likeness (QED) is 0.702. The summed E-state index contributed by atoms with van der Waals surface area (Å²) in [6.45, 7) is 1.05. The molecule has 1 atom stereocenters. The van der Waals surface area contributed by atoms with Gasteiger partial charge in [0.1, 0.15) is 11.3 Å². The van der Waals surface area contributed by atoms with Crippen LogP contribution in [0.5, 0.6) is 17.2 Å². The second kappa shape index (κ2) is 8.25. The fourth-order valence-electron chi connectivity index (χ4n) is 3.59. The zero-order valence-corrected chi connectivity index (χ0v) is 17.2. The van der Waals surface area contributed by atoms with Gasteiger partial charge in [-0.15, -0.1) is 0 Å². The van der Waals surface area contributed by atoms with Crippen molar-refractivity contribution in [3.63, 3.8) is 0 Å². The molecule has 2 aromatic carbocycles. The van der Waals surface area contributed by atoms with Crippen molar-refractivity contribution in [3.8, 4) is 17.2 Å². The van der Waals surface area contributed by atoms with Gasteiger partial charge in [-0.3, -0.25) is 9.69 Å². The maximum absolute atomic E-state index is 13.2. The highest BCUT2D eigenvalue weighted by Crippen LogP contribution is 2.37. The first-order valence-corrected chi connectivity index (χ1v) is 9.98. The Bertz CT molecular complexity index is 1040. The Morgan fingerprint density at radius 2 is 1.84 bits per heavy atom. The molecule has 2 aliphatic heterocycles. The lowest BCUT2D eigenvalue weighted by molar-refractivity contribution is -0.153. The monoisotopic (exact) mass is 450 g/mol. The summed E-state index contributed by atoms with van der Waals surface area (Å²) in [5.41, 5.74) is -0.340. The minimum absolute atomic E-state index is 0.00228. The second-order valence-electron chi connectivity index (χ2n) is 7.71. The zero-order chi connectivity index (χ0) is 22.9. The first kappa shape index (κ1) is 21.8. The Labute approximate surface area is 182 Å². The number of benzene rings is 2. The Hall–Kier alpha value is -3.43. The third kappa shape index (κ3) is 4.44. The first-order chi connectivity index (χ1) is 15.2. The number of carbonyl (C=O) groups is 2. The number of hydrogen-bond acceptors (Lipinski definition) is 5. The molecule has 0 saturated carbocycles. The van der Waals surface area contributed by atoms with E-state index in [9.17, 15) is 22.8 Å². The molecule has 0 spiro atoms. The van der Waals surface area contributed by atoms with Gasteiger partial charge in [0.05, 0.1) is 19.8 Å². The summed E-state index contributed by atoms with van der Waals surface area (Å²) in [4.78, 5) is 26.9. The highest BCUT2D eigenvalue weighted by atomic mass is 19.4. The van der Waals surface area contributed by atoms with Gasteiger partial charge in [-0.25, -0.2) is 4.79 Å². The van der Waals surface area contributed by atoms with Crippen LogP contribution in [-0.2, 0) is 16.9 Å². The Balaban J connectivity index is 1.53. The molecule has 2 heterocycles. The molecular formula is C22H21F3N2O5. The van der Waals surface area contributed by atoms with E-state index in [0.29, 0.717) is 35.8 Å². The van der Waals surface area contributed by atoms with E-state index in [1.807, 2.05) is 0 Å². The fourth-order valence-corrected chi connectivity index (χ4v) is 3.59. The van der Waals surface area contributed by atoms with Crippen LogP contribution in [0.1, 0.15) is 24.5 Å². The number of ether oxygens (including phenoxy) is 3. The van der Waals surface area contributed by atoms with Crippen molar-refractivity contribution in [2.75, 3.05) is 19.8 Å². The molecule has 2 aromatic rings. The highest BCUT2D eigenvalue weighted by Gasteiger charge is 2.49. The summed E-state index contributed by atoms with van der Waals surface area (Å²) in [7, 11) is 0. The van der Waals surface area contributed by atoms with Crippen LogP contribution < -0.4 is 19.5 Å². The summed E-state index contributed by atoms with van der Waals surface area (Å²) in [5, 5.41) is 2.71. The van der Waals surface area contributed by atoms with Crippen LogP contribution >= 0.6 is 0 Å². The number of rotatable bonds is 5. The van der Waals surface area contributed by atoms with Crippen LogP contribution in [0.2, 0.25) is 0 Å². The summed E-state index contributed by atoms with van der Waals surface area (Å²) in [5.74, 6) is 0.575. The summed E-state index contributed by atoms with van der Waals surface area (Å²) in [6, 6.07) is 10.3. The average Bonchev–Trinajstić information content (AvgIpc) is 2.91. The Morgan fingerprint density at radius 1 is 1.09 bits per heavy atom. The van der Waals surface area contributed by atoms with Gasteiger partial charge in [-0.05, 0) is 42.3 Å². The van der Waals surface area contributed by atoms with E-state index in [1.54, 1.807) is 31.2 Å². The van der Waals surface area contributed by atoms with Crippen LogP contribution in [-0.4, -0.2) is 42.8 Å². The minimum Gasteiger partial charge on any atom is -0.490 e. The van der Waals surface area contributed by atoms with Crippen molar-refractivity contribution in [1.82, 2.24) is 10.2 Å². The SMILES string of the molecule is CC1(c2ccc3c(c2)OCCCO3)NC(=O)N(Cc2cccc(OCC(F)(F)F)c2)C1=O. The average molecular weight is 450 g/mol. The molecular weight excluding hydrogens is 429 g/mol. The summed E-state index contributed by atoms with van der Waals surface area (Å²) < 4.78 is 53.2. The van der Waals surface area contributed by atoms with Gasteiger partial charge in [-0.2, -0.15) is 13.2 Å². The van der Waals surface area contributed by atoms with E-state index in [2.05, 4.69) is 5.32 Å². The molecule has 2 aliphatic rings.